The Balaban J connectivity index is 0.000000915. The third-order valence-corrected chi connectivity index (χ3v) is 8.33. The number of rotatable bonds is 0. The van der Waals surface area contributed by atoms with E-state index in [0.29, 0.717) is 0 Å². The van der Waals surface area contributed by atoms with E-state index in [1.54, 1.807) is 6.07 Å². The van der Waals surface area contributed by atoms with Crippen LogP contribution in [-0.2, 0) is 52.3 Å². The fourth-order valence-electron chi connectivity index (χ4n) is 5.68. The monoisotopic (exact) mass is 818 g/mol. The molecule has 51 heavy (non-hydrogen) atoms. The van der Waals surface area contributed by atoms with Crippen LogP contribution in [0.3, 0.4) is 0 Å². The standard InChI is InChI=1S/C29H41.C6H4Cl.C6H5.C5H5.CH2.2ClH.Zr/c1-26(2,3)22-14-18-13-19-15-23(27(4,5)6)25(29(10,11)12)17-21(19)20(18)16-24(22)28(7,8)9;7-6-4-2-1-3-5-6;1-2-4-6-5-3-1;1-2-4-5-3-1;;;;/h14,16-17H,13H2,1-12H3;1-2,4-5H;1-5H;1-3H,4H2;1H2;2*1H;/q4*-1;;;;. The summed E-state index contributed by atoms with van der Waals surface area (Å²) in [6.07, 6.45) is 11.0. The van der Waals surface area contributed by atoms with E-state index < -0.39 is 0 Å². The molecule has 0 radical (unpaired) electrons. The van der Waals surface area contributed by atoms with Crippen LogP contribution in [0.15, 0.2) is 91.0 Å². The molecular weight excluding hydrogens is 762 g/mol. The van der Waals surface area contributed by atoms with Crippen molar-refractivity contribution in [2.75, 3.05) is 0 Å². The first-order chi connectivity index (χ1) is 22.8. The fourth-order valence-corrected chi connectivity index (χ4v) is 5.81. The van der Waals surface area contributed by atoms with Gasteiger partial charge in [0.2, 0.25) is 0 Å². The van der Waals surface area contributed by atoms with Crippen molar-refractivity contribution in [3.05, 3.63) is 154 Å². The minimum absolute atomic E-state index is 0. The Morgan fingerprint density at radius 3 is 1.51 bits per heavy atom. The van der Waals surface area contributed by atoms with Crippen molar-refractivity contribution < 1.29 is 24.2 Å². The molecule has 4 heteroatoms. The van der Waals surface area contributed by atoms with Gasteiger partial charge in [0.25, 0.3) is 0 Å². The number of fused-ring (bicyclic) bond motifs is 3. The second-order valence-corrected chi connectivity index (χ2v) is 16.9. The first-order valence-electron chi connectivity index (χ1n) is 17.2. The van der Waals surface area contributed by atoms with Crippen LogP contribution in [0.25, 0.3) is 11.1 Å². The molecule has 0 fully saturated rings. The van der Waals surface area contributed by atoms with E-state index in [9.17, 15) is 0 Å². The van der Waals surface area contributed by atoms with Gasteiger partial charge in [-0.05, 0) is 39.4 Å². The van der Waals surface area contributed by atoms with Crippen molar-refractivity contribution in [1.82, 2.24) is 0 Å². The Hall–Kier alpha value is -2.02. The molecule has 0 atom stereocenters. The molecule has 0 saturated carbocycles. The smallest absolute Gasteiger partial charge is 0.171 e. The van der Waals surface area contributed by atoms with E-state index in [1.807, 2.05) is 60.7 Å². The Bertz CT molecular complexity index is 1540. The molecule has 0 N–H and O–H groups in total. The van der Waals surface area contributed by atoms with Crippen LogP contribution < -0.4 is 0 Å². The molecule has 0 unspecified atom stereocenters. The first kappa shape index (κ1) is 49.0. The van der Waals surface area contributed by atoms with Crippen molar-refractivity contribution >= 4 is 40.6 Å². The zero-order chi connectivity index (χ0) is 37.0. The van der Waals surface area contributed by atoms with Crippen molar-refractivity contribution in [2.45, 2.75) is 118 Å². The minimum atomic E-state index is 0. The predicted molar refractivity (Wildman–Crippen MR) is 227 cm³/mol. The molecule has 0 saturated heterocycles. The molecule has 0 nitrogen and oxygen atoms in total. The summed E-state index contributed by atoms with van der Waals surface area (Å²) < 4.78 is 3.34. The Morgan fingerprint density at radius 2 is 1.18 bits per heavy atom. The summed E-state index contributed by atoms with van der Waals surface area (Å²) >= 11 is 6.81. The molecule has 0 amide bonds. The van der Waals surface area contributed by atoms with Gasteiger partial charge in [0.1, 0.15) is 0 Å². The first-order valence-corrected chi connectivity index (χ1v) is 19.3. The zero-order valence-electron chi connectivity index (χ0n) is 33.0. The second-order valence-electron chi connectivity index (χ2n) is 16.5. The quantitative estimate of drug-likeness (QED) is 0.137. The molecule has 0 aliphatic heterocycles. The number of allylic oxidation sites excluding steroid dienone is 4. The average molecular weight is 822 g/mol. The minimum Gasteiger partial charge on any atom is -0.184 e. The van der Waals surface area contributed by atoms with Gasteiger partial charge in [0, 0.05) is 0 Å². The van der Waals surface area contributed by atoms with E-state index in [0.717, 1.165) is 17.9 Å². The number of halogens is 3. The summed E-state index contributed by atoms with van der Waals surface area (Å²) in [5, 5.41) is 0.738. The van der Waals surface area contributed by atoms with Gasteiger partial charge in [-0.1, -0.05) is 111 Å². The van der Waals surface area contributed by atoms with Crippen LogP contribution in [0.1, 0.15) is 123 Å². The maximum atomic E-state index is 5.51. The van der Waals surface area contributed by atoms with Crippen molar-refractivity contribution in [3.8, 4) is 11.1 Å². The van der Waals surface area contributed by atoms with E-state index in [1.165, 1.54) is 68.7 Å². The molecule has 4 aromatic rings. The molecular formula is C47H59Cl3Zr-4. The Morgan fingerprint density at radius 1 is 0.647 bits per heavy atom. The fraction of sp³-hybridized carbons (Fsp3) is 0.383. The predicted octanol–water partition coefficient (Wildman–Crippen LogP) is 14.0. The maximum Gasteiger partial charge on any atom is -0.171 e. The van der Waals surface area contributed by atoms with Gasteiger partial charge in [-0.15, -0.1) is 47.9 Å². The normalized spacial score (nSPS) is 12.3. The summed E-state index contributed by atoms with van der Waals surface area (Å²) in [4.78, 5) is 0. The molecule has 2 aliphatic rings. The van der Waals surface area contributed by atoms with Crippen LogP contribution in [0.4, 0.5) is 0 Å². The molecule has 2 aliphatic carbocycles. The Labute approximate surface area is 344 Å². The van der Waals surface area contributed by atoms with Crippen LogP contribution >= 0.6 is 36.4 Å². The summed E-state index contributed by atoms with van der Waals surface area (Å²) in [6.45, 7) is 28.0. The van der Waals surface area contributed by atoms with Crippen LogP contribution in [0.2, 0.25) is 5.02 Å². The van der Waals surface area contributed by atoms with Gasteiger partial charge in [-0.2, -0.15) is 102 Å². The van der Waals surface area contributed by atoms with Gasteiger partial charge in [0.15, 0.2) is 0 Å². The van der Waals surface area contributed by atoms with Crippen LogP contribution in [-0.4, -0.2) is 4.21 Å². The third-order valence-electron chi connectivity index (χ3n) is 8.10. The molecule has 6 rings (SSSR count). The van der Waals surface area contributed by atoms with E-state index in [4.69, 9.17) is 11.6 Å². The van der Waals surface area contributed by atoms with Gasteiger partial charge in [0.05, 0.1) is 0 Å². The SMILES string of the molecule is CC(C)(C)c1[c-]c2c(cc1C(C)(C)C)-c1cc(C(C)(C)C)c(C(C)(C)C)cc1C2.Cl.Cl.Clc1c[c-]ccc1.[C-]1=CC=CC1.[CH2]=[Zr].[c-]1ccccc1. The molecule has 0 spiro atoms. The molecule has 0 heterocycles. The molecule has 0 aromatic heterocycles. The van der Waals surface area contributed by atoms with E-state index in [-0.39, 0.29) is 46.5 Å². The third kappa shape index (κ3) is 15.5. The van der Waals surface area contributed by atoms with Crippen molar-refractivity contribution in [1.29, 1.82) is 0 Å². The largest absolute Gasteiger partial charge is 0.184 e. The number of hydrogen-bond donors (Lipinski definition) is 0. The van der Waals surface area contributed by atoms with Crippen molar-refractivity contribution in [2.24, 2.45) is 0 Å². The topological polar surface area (TPSA) is 0 Å². The summed E-state index contributed by atoms with van der Waals surface area (Å²) in [6, 6.07) is 33.9. The number of benzene rings is 4. The molecule has 276 valence electrons. The van der Waals surface area contributed by atoms with Gasteiger partial charge >= 0.3 is 28.4 Å². The van der Waals surface area contributed by atoms with Gasteiger partial charge in [-0.3, -0.25) is 6.08 Å². The maximum absolute atomic E-state index is 5.51. The second kappa shape index (κ2) is 21.6. The van der Waals surface area contributed by atoms with Gasteiger partial charge in [-0.25, -0.2) is 12.2 Å². The zero-order valence-corrected chi connectivity index (χ0v) is 37.8. The number of hydrogen-bond acceptors (Lipinski definition) is 0. The Kier molecular flexibility index (Phi) is 20.8. The summed E-state index contributed by atoms with van der Waals surface area (Å²) in [5.74, 6) is 0. The summed E-state index contributed by atoms with van der Waals surface area (Å²) in [5.41, 5.74) is 11.9. The van der Waals surface area contributed by atoms with Crippen molar-refractivity contribution in [3.63, 3.8) is 0 Å². The van der Waals surface area contributed by atoms with E-state index in [2.05, 4.69) is 136 Å². The van der Waals surface area contributed by atoms with E-state index >= 15 is 0 Å². The van der Waals surface area contributed by atoms with Crippen LogP contribution in [0.5, 0.6) is 0 Å². The molecule has 4 aromatic carbocycles. The van der Waals surface area contributed by atoms with Crippen LogP contribution in [0, 0.1) is 24.3 Å². The molecule has 0 bridgehead atoms. The van der Waals surface area contributed by atoms with Gasteiger partial charge < -0.3 is 0 Å². The summed E-state index contributed by atoms with van der Waals surface area (Å²) in [7, 11) is 0. The average Bonchev–Trinajstić information content (AvgIpc) is 3.73.